The number of aromatic nitrogens is 1. The SMILES string of the molecule is N#C[C@H](C[C@@H]1CCCNC1=O)NC(=O)SC1CC2(CCC2)CN1C(=O)c1cc2cccc(Cl)c2[nH]1. The minimum Gasteiger partial charge on any atom is -0.356 e. The molecule has 1 unspecified atom stereocenters. The Bertz CT molecular complexity index is 1200. The number of rotatable bonds is 5. The first-order valence-electron chi connectivity index (χ1n) is 12.1. The molecule has 184 valence electrons. The van der Waals surface area contributed by atoms with Gasteiger partial charge in [0.2, 0.25) is 5.91 Å². The molecule has 5 rings (SSSR count). The monoisotopic (exact) mass is 513 g/mol. The number of aromatic amines is 1. The summed E-state index contributed by atoms with van der Waals surface area (Å²) in [5, 5.41) is 15.9. The Morgan fingerprint density at radius 1 is 1.34 bits per heavy atom. The largest absolute Gasteiger partial charge is 0.356 e. The van der Waals surface area contributed by atoms with E-state index in [4.69, 9.17) is 11.6 Å². The van der Waals surface area contributed by atoms with Crippen LogP contribution in [0.3, 0.4) is 0 Å². The number of H-pyrrole nitrogens is 1. The van der Waals surface area contributed by atoms with E-state index in [0.29, 0.717) is 30.2 Å². The van der Waals surface area contributed by atoms with Crippen molar-refractivity contribution in [3.05, 3.63) is 35.0 Å². The van der Waals surface area contributed by atoms with E-state index in [1.54, 1.807) is 17.0 Å². The number of piperidine rings is 1. The number of carbonyl (C=O) groups is 3. The van der Waals surface area contributed by atoms with Crippen molar-refractivity contribution in [2.24, 2.45) is 11.3 Å². The average molecular weight is 514 g/mol. The lowest BCUT2D eigenvalue weighted by molar-refractivity contribution is -0.126. The summed E-state index contributed by atoms with van der Waals surface area (Å²) in [4.78, 5) is 43.5. The normalized spacial score (nSPS) is 24.0. The topological polar surface area (TPSA) is 118 Å². The molecule has 3 fully saturated rings. The molecule has 3 atom stereocenters. The summed E-state index contributed by atoms with van der Waals surface area (Å²) < 4.78 is 0. The zero-order chi connectivity index (χ0) is 24.6. The van der Waals surface area contributed by atoms with Crippen LogP contribution < -0.4 is 10.6 Å². The minimum absolute atomic E-state index is 0.0590. The van der Waals surface area contributed by atoms with E-state index in [2.05, 4.69) is 21.7 Å². The highest BCUT2D eigenvalue weighted by Crippen LogP contribution is 2.52. The van der Waals surface area contributed by atoms with Gasteiger partial charge in [-0.25, -0.2) is 0 Å². The number of fused-ring (bicyclic) bond motifs is 1. The van der Waals surface area contributed by atoms with Gasteiger partial charge in [-0.1, -0.05) is 30.2 Å². The van der Waals surface area contributed by atoms with Crippen molar-refractivity contribution in [2.45, 2.75) is 56.4 Å². The van der Waals surface area contributed by atoms with E-state index in [1.165, 1.54) is 0 Å². The molecule has 8 nitrogen and oxygen atoms in total. The van der Waals surface area contributed by atoms with Crippen molar-refractivity contribution in [1.82, 2.24) is 20.5 Å². The van der Waals surface area contributed by atoms with Crippen LogP contribution in [0.1, 0.15) is 55.4 Å². The van der Waals surface area contributed by atoms with Crippen LogP contribution in [0.25, 0.3) is 10.9 Å². The third kappa shape index (κ3) is 4.87. The number of likely N-dealkylation sites (tertiary alicyclic amines) is 1. The van der Waals surface area contributed by atoms with Crippen LogP contribution in [0, 0.1) is 22.7 Å². The summed E-state index contributed by atoms with van der Waals surface area (Å²) in [6.45, 7) is 1.27. The maximum Gasteiger partial charge on any atom is 0.282 e. The van der Waals surface area contributed by atoms with Gasteiger partial charge in [0.15, 0.2) is 0 Å². The van der Waals surface area contributed by atoms with Crippen LogP contribution in [0.4, 0.5) is 4.79 Å². The lowest BCUT2D eigenvalue weighted by atomic mass is 9.68. The van der Waals surface area contributed by atoms with Gasteiger partial charge in [-0.3, -0.25) is 14.4 Å². The van der Waals surface area contributed by atoms with E-state index < -0.39 is 6.04 Å². The predicted octanol–water partition coefficient (Wildman–Crippen LogP) is 4.41. The fourth-order valence-electron chi connectivity index (χ4n) is 5.53. The minimum atomic E-state index is -0.747. The quantitative estimate of drug-likeness (QED) is 0.547. The molecule has 2 saturated heterocycles. The van der Waals surface area contributed by atoms with Gasteiger partial charge in [-0.05, 0) is 67.8 Å². The molecule has 0 radical (unpaired) electrons. The van der Waals surface area contributed by atoms with E-state index in [1.807, 2.05) is 12.1 Å². The maximum absolute atomic E-state index is 13.5. The van der Waals surface area contributed by atoms with Gasteiger partial charge < -0.3 is 20.5 Å². The molecule has 0 bridgehead atoms. The molecule has 3 aliphatic rings. The first-order valence-corrected chi connectivity index (χ1v) is 13.4. The Labute approximate surface area is 213 Å². The molecule has 2 aliphatic heterocycles. The summed E-state index contributed by atoms with van der Waals surface area (Å²) in [6.07, 6.45) is 5.86. The van der Waals surface area contributed by atoms with Crippen molar-refractivity contribution in [3.63, 3.8) is 0 Å². The number of halogens is 1. The van der Waals surface area contributed by atoms with Crippen molar-refractivity contribution in [2.75, 3.05) is 13.1 Å². The number of nitriles is 1. The third-order valence-corrected chi connectivity index (χ3v) is 8.92. The molecule has 1 aliphatic carbocycles. The van der Waals surface area contributed by atoms with Gasteiger partial charge >= 0.3 is 0 Å². The fraction of sp³-hybridized carbons (Fsp3) is 0.520. The van der Waals surface area contributed by atoms with Crippen molar-refractivity contribution >= 4 is 51.3 Å². The average Bonchev–Trinajstić information content (AvgIpc) is 3.43. The second-order valence-corrected chi connectivity index (χ2v) is 11.5. The van der Waals surface area contributed by atoms with E-state index >= 15 is 0 Å². The van der Waals surface area contributed by atoms with E-state index in [0.717, 1.165) is 61.2 Å². The van der Waals surface area contributed by atoms with Crippen LogP contribution >= 0.6 is 23.4 Å². The van der Waals surface area contributed by atoms with Crippen LogP contribution in [0.15, 0.2) is 24.3 Å². The summed E-state index contributed by atoms with van der Waals surface area (Å²) in [7, 11) is 0. The number of carbonyl (C=O) groups excluding carboxylic acids is 3. The second kappa shape index (κ2) is 9.75. The Morgan fingerprint density at radius 2 is 2.17 bits per heavy atom. The molecule has 3 amide bonds. The first-order chi connectivity index (χ1) is 16.9. The highest BCUT2D eigenvalue weighted by atomic mass is 35.5. The zero-order valence-electron chi connectivity index (χ0n) is 19.3. The van der Waals surface area contributed by atoms with Crippen LogP contribution in [0.5, 0.6) is 0 Å². The Hall–Kier alpha value is -2.70. The molecule has 1 aromatic carbocycles. The Balaban J connectivity index is 1.28. The summed E-state index contributed by atoms with van der Waals surface area (Å²) in [5.41, 5.74) is 1.24. The van der Waals surface area contributed by atoms with Crippen LogP contribution in [-0.4, -0.2) is 51.4 Å². The lowest BCUT2D eigenvalue weighted by Gasteiger charge is -2.37. The smallest absolute Gasteiger partial charge is 0.282 e. The van der Waals surface area contributed by atoms with Gasteiger partial charge in [0, 0.05) is 24.4 Å². The highest BCUT2D eigenvalue weighted by molar-refractivity contribution is 8.14. The standard InChI is InChI=1S/C25H28ClN5O3S/c26-18-6-1-4-15-11-19(30-21(15)18)23(33)31-14-25(7-3-8-25)12-20(31)35-24(34)29-17(13-27)10-16-5-2-9-28-22(16)32/h1,4,6,11,16-17,20,30H,2-3,5,7-10,12,14H2,(H,28,32)(H,29,34)/t16-,17-,20?/m0/s1. The van der Waals surface area contributed by atoms with Gasteiger partial charge in [-0.15, -0.1) is 0 Å². The van der Waals surface area contributed by atoms with Crippen molar-refractivity contribution in [1.29, 1.82) is 5.26 Å². The molecule has 10 heteroatoms. The molecule has 1 aromatic heterocycles. The van der Waals surface area contributed by atoms with Gasteiger partial charge in [0.05, 0.1) is 22.0 Å². The van der Waals surface area contributed by atoms with Gasteiger partial charge in [0.25, 0.3) is 11.1 Å². The predicted molar refractivity (Wildman–Crippen MR) is 135 cm³/mol. The number of thioether (sulfide) groups is 1. The Kier molecular flexibility index (Phi) is 6.69. The number of amides is 3. The lowest BCUT2D eigenvalue weighted by Crippen LogP contribution is -2.42. The molecule has 2 aromatic rings. The highest BCUT2D eigenvalue weighted by Gasteiger charge is 2.50. The summed E-state index contributed by atoms with van der Waals surface area (Å²) in [5.74, 6) is -0.478. The number of hydrogen-bond donors (Lipinski definition) is 3. The van der Waals surface area contributed by atoms with E-state index in [9.17, 15) is 19.6 Å². The third-order valence-electron chi connectivity index (χ3n) is 7.58. The van der Waals surface area contributed by atoms with Crippen molar-refractivity contribution < 1.29 is 14.4 Å². The van der Waals surface area contributed by atoms with E-state index in [-0.39, 0.29) is 33.8 Å². The molecule has 1 spiro atoms. The molecule has 1 saturated carbocycles. The van der Waals surface area contributed by atoms with Crippen LogP contribution in [-0.2, 0) is 4.79 Å². The molecule has 3 N–H and O–H groups in total. The molecular weight excluding hydrogens is 486 g/mol. The van der Waals surface area contributed by atoms with Crippen LogP contribution in [0.2, 0.25) is 5.02 Å². The fourth-order valence-corrected chi connectivity index (χ4v) is 6.95. The molecule has 3 heterocycles. The van der Waals surface area contributed by atoms with Crippen molar-refractivity contribution in [3.8, 4) is 6.07 Å². The Morgan fingerprint density at radius 3 is 2.86 bits per heavy atom. The maximum atomic E-state index is 13.5. The number of nitrogens with one attached hydrogen (secondary N) is 3. The summed E-state index contributed by atoms with van der Waals surface area (Å²) in [6, 6.07) is 8.70. The number of hydrogen-bond acceptors (Lipinski definition) is 5. The van der Waals surface area contributed by atoms with Gasteiger partial charge in [-0.2, -0.15) is 5.26 Å². The number of nitrogens with zero attached hydrogens (tertiary/aromatic N) is 2. The summed E-state index contributed by atoms with van der Waals surface area (Å²) >= 11 is 7.36. The number of benzene rings is 1. The first kappa shape index (κ1) is 24.0. The number of para-hydroxylation sites is 1. The molecule has 35 heavy (non-hydrogen) atoms. The second-order valence-electron chi connectivity index (χ2n) is 9.93. The zero-order valence-corrected chi connectivity index (χ0v) is 20.9. The van der Waals surface area contributed by atoms with Gasteiger partial charge in [0.1, 0.15) is 11.7 Å². The molecular formula is C25H28ClN5O3S.